The molecule has 0 aromatic heterocycles. The predicted octanol–water partition coefficient (Wildman–Crippen LogP) is 4.15. The van der Waals surface area contributed by atoms with Gasteiger partial charge in [-0.25, -0.2) is 0 Å². The number of rotatable bonds is 5. The molecule has 2 aromatic carbocycles. The Labute approximate surface area is 122 Å². The largest absolute Gasteiger partial charge is 0.393 e. The first-order chi connectivity index (χ1) is 9.56. The number of aliphatic hydroxyl groups is 1. The molecular formula is C19H24O. The van der Waals surface area contributed by atoms with E-state index < -0.39 is 0 Å². The van der Waals surface area contributed by atoms with E-state index in [9.17, 15) is 5.11 Å². The maximum Gasteiger partial charge on any atom is 0.0583 e. The van der Waals surface area contributed by atoms with Crippen LogP contribution < -0.4 is 0 Å². The third kappa shape index (κ3) is 3.94. The van der Waals surface area contributed by atoms with Crippen molar-refractivity contribution >= 4 is 0 Å². The van der Waals surface area contributed by atoms with Crippen molar-refractivity contribution in [2.45, 2.75) is 46.1 Å². The summed E-state index contributed by atoms with van der Waals surface area (Å²) < 4.78 is 0. The maximum atomic E-state index is 10.3. The van der Waals surface area contributed by atoms with Crippen LogP contribution in [0.15, 0.2) is 42.5 Å². The number of hydrogen-bond acceptors (Lipinski definition) is 1. The zero-order valence-electron chi connectivity index (χ0n) is 12.7. The molecule has 0 aliphatic rings. The van der Waals surface area contributed by atoms with Crippen LogP contribution in [0.25, 0.3) is 0 Å². The fraction of sp³-hybridized carbons (Fsp3) is 0.368. The van der Waals surface area contributed by atoms with Crippen LogP contribution in [0.3, 0.4) is 0 Å². The quantitative estimate of drug-likeness (QED) is 0.863. The molecule has 0 fully saturated rings. The van der Waals surface area contributed by atoms with Gasteiger partial charge in [0.25, 0.3) is 0 Å². The molecule has 0 bridgehead atoms. The van der Waals surface area contributed by atoms with E-state index in [0.717, 1.165) is 19.3 Å². The highest BCUT2D eigenvalue weighted by Gasteiger charge is 2.09. The molecule has 0 amide bonds. The Balaban J connectivity index is 1.94. The first-order valence-electron chi connectivity index (χ1n) is 7.35. The second-order valence-corrected chi connectivity index (χ2v) is 5.75. The van der Waals surface area contributed by atoms with Gasteiger partial charge < -0.3 is 5.11 Å². The summed E-state index contributed by atoms with van der Waals surface area (Å²) in [5.41, 5.74) is 6.45. The molecule has 0 radical (unpaired) electrons. The van der Waals surface area contributed by atoms with Crippen molar-refractivity contribution in [3.8, 4) is 0 Å². The molecule has 106 valence electrons. The Bertz CT molecular complexity index is 572. The molecule has 0 aliphatic heterocycles. The van der Waals surface area contributed by atoms with Crippen LogP contribution in [-0.2, 0) is 12.8 Å². The fourth-order valence-electron chi connectivity index (χ4n) is 2.59. The van der Waals surface area contributed by atoms with Crippen molar-refractivity contribution in [1.29, 1.82) is 0 Å². The average Bonchev–Trinajstić information content (AvgIpc) is 2.42. The van der Waals surface area contributed by atoms with Crippen LogP contribution in [0.5, 0.6) is 0 Å². The highest BCUT2D eigenvalue weighted by molar-refractivity contribution is 5.31. The van der Waals surface area contributed by atoms with Gasteiger partial charge in [0.15, 0.2) is 0 Å². The second kappa shape index (κ2) is 6.71. The SMILES string of the molecule is Cc1ccc(C)c(CC(O)CCc2ccccc2C)c1. The zero-order chi connectivity index (χ0) is 14.5. The van der Waals surface area contributed by atoms with Crippen LogP contribution in [0.1, 0.15) is 34.2 Å². The summed E-state index contributed by atoms with van der Waals surface area (Å²) in [6.45, 7) is 6.35. The van der Waals surface area contributed by atoms with Crippen molar-refractivity contribution in [3.63, 3.8) is 0 Å². The number of benzene rings is 2. The summed E-state index contributed by atoms with van der Waals surface area (Å²) in [4.78, 5) is 0. The normalized spacial score (nSPS) is 12.4. The van der Waals surface area contributed by atoms with Gasteiger partial charge in [-0.15, -0.1) is 0 Å². The van der Waals surface area contributed by atoms with Gasteiger partial charge in [0.2, 0.25) is 0 Å². The molecule has 0 aliphatic carbocycles. The Kier molecular flexibility index (Phi) is 4.97. The van der Waals surface area contributed by atoms with Crippen LogP contribution in [-0.4, -0.2) is 11.2 Å². The third-order valence-corrected chi connectivity index (χ3v) is 3.97. The van der Waals surface area contributed by atoms with E-state index >= 15 is 0 Å². The number of aryl methyl sites for hydroxylation is 4. The highest BCUT2D eigenvalue weighted by atomic mass is 16.3. The smallest absolute Gasteiger partial charge is 0.0583 e. The minimum Gasteiger partial charge on any atom is -0.393 e. The molecule has 1 atom stereocenters. The van der Waals surface area contributed by atoms with Crippen LogP contribution in [0, 0.1) is 20.8 Å². The van der Waals surface area contributed by atoms with Gasteiger partial charge in [-0.1, -0.05) is 48.0 Å². The van der Waals surface area contributed by atoms with E-state index in [0.29, 0.717) is 0 Å². The standard InChI is InChI=1S/C19H24O/c1-14-8-9-16(3)18(12-14)13-19(20)11-10-17-7-5-4-6-15(17)2/h4-9,12,19-20H,10-11,13H2,1-3H3. The monoisotopic (exact) mass is 268 g/mol. The first-order valence-corrected chi connectivity index (χ1v) is 7.35. The first kappa shape index (κ1) is 14.8. The van der Waals surface area contributed by atoms with Crippen molar-refractivity contribution in [2.75, 3.05) is 0 Å². The number of hydrogen-bond donors (Lipinski definition) is 1. The molecule has 20 heavy (non-hydrogen) atoms. The summed E-state index contributed by atoms with van der Waals surface area (Å²) in [7, 11) is 0. The molecule has 0 spiro atoms. The van der Waals surface area contributed by atoms with Crippen LogP contribution in [0.4, 0.5) is 0 Å². The third-order valence-electron chi connectivity index (χ3n) is 3.97. The van der Waals surface area contributed by atoms with E-state index in [4.69, 9.17) is 0 Å². The Morgan fingerprint density at radius 2 is 1.60 bits per heavy atom. The molecule has 0 saturated heterocycles. The van der Waals surface area contributed by atoms with Crippen LogP contribution >= 0.6 is 0 Å². The molecule has 0 heterocycles. The average molecular weight is 268 g/mol. The minimum atomic E-state index is -0.268. The van der Waals surface area contributed by atoms with Gasteiger partial charge in [0, 0.05) is 0 Å². The van der Waals surface area contributed by atoms with E-state index in [2.05, 4.69) is 63.2 Å². The van der Waals surface area contributed by atoms with Crippen molar-refractivity contribution in [3.05, 3.63) is 70.3 Å². The Hall–Kier alpha value is -1.60. The summed E-state index contributed by atoms with van der Waals surface area (Å²) in [6.07, 6.45) is 2.24. The summed E-state index contributed by atoms with van der Waals surface area (Å²) >= 11 is 0. The van der Waals surface area contributed by atoms with Gasteiger partial charge in [0.1, 0.15) is 0 Å². The van der Waals surface area contributed by atoms with Gasteiger partial charge in [-0.05, 0) is 62.3 Å². The van der Waals surface area contributed by atoms with Gasteiger partial charge in [-0.3, -0.25) is 0 Å². The van der Waals surface area contributed by atoms with Gasteiger partial charge >= 0.3 is 0 Å². The molecule has 1 nitrogen and oxygen atoms in total. The van der Waals surface area contributed by atoms with Crippen LogP contribution in [0.2, 0.25) is 0 Å². The lowest BCUT2D eigenvalue weighted by molar-refractivity contribution is 0.165. The lowest BCUT2D eigenvalue weighted by atomic mass is 9.96. The van der Waals surface area contributed by atoms with E-state index in [1.165, 1.54) is 27.8 Å². The van der Waals surface area contributed by atoms with E-state index in [-0.39, 0.29) is 6.10 Å². The van der Waals surface area contributed by atoms with E-state index in [1.54, 1.807) is 0 Å². The molecular weight excluding hydrogens is 244 g/mol. The molecule has 1 unspecified atom stereocenters. The topological polar surface area (TPSA) is 20.2 Å². The predicted molar refractivity (Wildman–Crippen MR) is 85.1 cm³/mol. The van der Waals surface area contributed by atoms with Crippen molar-refractivity contribution < 1.29 is 5.11 Å². The van der Waals surface area contributed by atoms with Crippen molar-refractivity contribution in [2.24, 2.45) is 0 Å². The second-order valence-electron chi connectivity index (χ2n) is 5.75. The molecule has 0 saturated carbocycles. The number of aliphatic hydroxyl groups excluding tert-OH is 1. The van der Waals surface area contributed by atoms with Gasteiger partial charge in [0.05, 0.1) is 6.10 Å². The summed E-state index contributed by atoms with van der Waals surface area (Å²) in [5.74, 6) is 0. The lowest BCUT2D eigenvalue weighted by Crippen LogP contribution is -2.13. The van der Waals surface area contributed by atoms with E-state index in [1.807, 2.05) is 0 Å². The van der Waals surface area contributed by atoms with Gasteiger partial charge in [-0.2, -0.15) is 0 Å². The molecule has 1 heteroatoms. The lowest BCUT2D eigenvalue weighted by Gasteiger charge is -2.14. The minimum absolute atomic E-state index is 0.268. The summed E-state index contributed by atoms with van der Waals surface area (Å²) in [6, 6.07) is 14.9. The molecule has 1 N–H and O–H groups in total. The highest BCUT2D eigenvalue weighted by Crippen LogP contribution is 2.16. The zero-order valence-corrected chi connectivity index (χ0v) is 12.7. The summed E-state index contributed by atoms with van der Waals surface area (Å²) in [5, 5.41) is 10.3. The maximum absolute atomic E-state index is 10.3. The molecule has 2 rings (SSSR count). The fourth-order valence-corrected chi connectivity index (χ4v) is 2.59. The molecule has 2 aromatic rings. The Morgan fingerprint density at radius 3 is 2.35 bits per heavy atom. The Morgan fingerprint density at radius 1 is 0.900 bits per heavy atom. The van der Waals surface area contributed by atoms with Crippen molar-refractivity contribution in [1.82, 2.24) is 0 Å².